The largest absolute Gasteiger partial charge is 0.341 e. The van der Waals surface area contributed by atoms with E-state index in [4.69, 9.17) is 5.26 Å². The maximum Gasteiger partial charge on any atom is 0.247 e. The highest BCUT2D eigenvalue weighted by atomic mass is 16.2. The molecule has 0 spiro atoms. The van der Waals surface area contributed by atoms with Crippen LogP contribution in [0.4, 0.5) is 5.82 Å². The summed E-state index contributed by atoms with van der Waals surface area (Å²) in [6.45, 7) is 4.02. The molecule has 2 aliphatic rings. The number of nitrogens with one attached hydrogen (secondary N) is 2. The number of likely N-dealkylation sites (tertiary alicyclic amines) is 2. The highest BCUT2D eigenvalue weighted by Gasteiger charge is 2.30. The molecule has 2 saturated heterocycles. The molecule has 2 N–H and O–H groups in total. The quantitative estimate of drug-likeness (QED) is 0.314. The third kappa shape index (κ3) is 4.96. The molecule has 11 heteroatoms. The van der Waals surface area contributed by atoms with E-state index in [1.807, 2.05) is 18.0 Å². The zero-order chi connectivity index (χ0) is 22.5. The van der Waals surface area contributed by atoms with Crippen LogP contribution in [0, 0.1) is 18.4 Å². The number of guanidine groups is 1. The summed E-state index contributed by atoms with van der Waals surface area (Å²) in [5.41, 5.74) is 1.54. The van der Waals surface area contributed by atoms with Gasteiger partial charge in [-0.3, -0.25) is 14.9 Å². The molecule has 1 atom stereocenters. The number of hydrogen-bond acceptors (Lipinski definition) is 6. The molecule has 2 aliphatic heterocycles. The lowest BCUT2D eigenvalue weighted by atomic mass is 10.1. The van der Waals surface area contributed by atoms with Gasteiger partial charge in [-0.05, 0) is 51.2 Å². The lowest BCUT2D eigenvalue weighted by molar-refractivity contribution is -0.140. The van der Waals surface area contributed by atoms with Crippen LogP contribution in [0.3, 0.4) is 0 Å². The standard InChI is InChI=1S/C21H27N9O2/c1-15-12-30-18(24-15)8-7-17(27-30)26-21(23-14-22)25-16-6-2-3-11-29(20(16)32)13-19(31)28-9-4-5-10-28/h7-8,12,16H,2-6,9-11,13H2,1H3,(H2,23,25,26,27). The summed E-state index contributed by atoms with van der Waals surface area (Å²) in [4.78, 5) is 38.0. The van der Waals surface area contributed by atoms with Crippen molar-refractivity contribution in [2.24, 2.45) is 4.99 Å². The normalized spacial score (nSPS) is 19.7. The highest BCUT2D eigenvalue weighted by Crippen LogP contribution is 2.17. The Morgan fingerprint density at radius 2 is 2.03 bits per heavy atom. The van der Waals surface area contributed by atoms with Gasteiger partial charge in [0.1, 0.15) is 6.04 Å². The highest BCUT2D eigenvalue weighted by molar-refractivity contribution is 5.96. The number of aryl methyl sites for hydroxylation is 1. The van der Waals surface area contributed by atoms with Gasteiger partial charge in [-0.25, -0.2) is 14.5 Å². The van der Waals surface area contributed by atoms with Crippen LogP contribution in [0.5, 0.6) is 0 Å². The molecule has 4 heterocycles. The van der Waals surface area contributed by atoms with Crippen LogP contribution in [0.15, 0.2) is 23.3 Å². The molecular formula is C21H27N9O2. The van der Waals surface area contributed by atoms with E-state index in [0.717, 1.165) is 44.5 Å². The van der Waals surface area contributed by atoms with Crippen molar-refractivity contribution >= 4 is 29.2 Å². The van der Waals surface area contributed by atoms with E-state index in [1.54, 1.807) is 27.7 Å². The zero-order valence-corrected chi connectivity index (χ0v) is 18.1. The number of carbonyl (C=O) groups is 2. The summed E-state index contributed by atoms with van der Waals surface area (Å²) in [5, 5.41) is 19.1. The average Bonchev–Trinajstić information content (AvgIpc) is 3.39. The molecule has 2 aromatic heterocycles. The van der Waals surface area contributed by atoms with Crippen LogP contribution in [-0.4, -0.2) is 74.4 Å². The molecule has 0 aliphatic carbocycles. The fourth-order valence-electron chi connectivity index (χ4n) is 4.08. The molecule has 1 unspecified atom stereocenters. The maximum absolute atomic E-state index is 13.1. The van der Waals surface area contributed by atoms with Crippen LogP contribution in [0.2, 0.25) is 0 Å². The van der Waals surface area contributed by atoms with Gasteiger partial charge in [-0.2, -0.15) is 5.26 Å². The number of anilines is 1. The number of fused-ring (bicyclic) bond motifs is 1. The second-order valence-electron chi connectivity index (χ2n) is 8.10. The summed E-state index contributed by atoms with van der Waals surface area (Å²) in [7, 11) is 0. The first kappa shape index (κ1) is 21.5. The third-order valence-corrected chi connectivity index (χ3v) is 5.68. The van der Waals surface area contributed by atoms with E-state index >= 15 is 0 Å². The monoisotopic (exact) mass is 437 g/mol. The van der Waals surface area contributed by atoms with Crippen LogP contribution in [0.1, 0.15) is 37.8 Å². The molecule has 32 heavy (non-hydrogen) atoms. The number of carbonyl (C=O) groups excluding carboxylic acids is 2. The van der Waals surface area contributed by atoms with Gasteiger partial charge in [0, 0.05) is 19.6 Å². The van der Waals surface area contributed by atoms with Crippen molar-refractivity contribution in [1.29, 1.82) is 5.26 Å². The molecule has 0 radical (unpaired) electrons. The molecule has 4 rings (SSSR count). The van der Waals surface area contributed by atoms with E-state index in [9.17, 15) is 9.59 Å². The molecule has 11 nitrogen and oxygen atoms in total. The molecule has 2 aromatic rings. The van der Waals surface area contributed by atoms with Crippen LogP contribution < -0.4 is 10.6 Å². The predicted octanol–water partition coefficient (Wildman–Crippen LogP) is 0.880. The molecule has 2 fully saturated rings. The first-order chi connectivity index (χ1) is 15.5. The van der Waals surface area contributed by atoms with Crippen molar-refractivity contribution < 1.29 is 9.59 Å². The minimum Gasteiger partial charge on any atom is -0.341 e. The van der Waals surface area contributed by atoms with Crippen LogP contribution in [0.25, 0.3) is 5.65 Å². The summed E-state index contributed by atoms with van der Waals surface area (Å²) in [6, 6.07) is 2.85. The van der Waals surface area contributed by atoms with E-state index in [0.29, 0.717) is 24.4 Å². The predicted molar refractivity (Wildman–Crippen MR) is 118 cm³/mol. The Morgan fingerprint density at radius 3 is 2.81 bits per heavy atom. The van der Waals surface area contributed by atoms with E-state index in [-0.39, 0.29) is 24.3 Å². The maximum atomic E-state index is 13.1. The number of hydrogen-bond donors (Lipinski definition) is 2. The first-order valence-electron chi connectivity index (χ1n) is 10.9. The SMILES string of the molecule is Cc1cn2nc(NC(=NC3CCCCN(CC(=O)N4CCCC4)C3=O)NC#N)ccc2n1. The van der Waals surface area contributed by atoms with Crippen LogP contribution in [-0.2, 0) is 9.59 Å². The Hall–Kier alpha value is -3.68. The Bertz CT molecular complexity index is 1060. The fraction of sp³-hybridized carbons (Fsp3) is 0.524. The van der Waals surface area contributed by atoms with E-state index in [2.05, 4.69) is 25.7 Å². The summed E-state index contributed by atoms with van der Waals surface area (Å²) in [6.07, 6.45) is 7.86. The third-order valence-electron chi connectivity index (χ3n) is 5.68. The Kier molecular flexibility index (Phi) is 6.49. The van der Waals surface area contributed by atoms with Gasteiger partial charge in [0.25, 0.3) is 0 Å². The first-order valence-corrected chi connectivity index (χ1v) is 10.9. The Balaban J connectivity index is 1.49. The lowest BCUT2D eigenvalue weighted by Gasteiger charge is -2.25. The van der Waals surface area contributed by atoms with Crippen molar-refractivity contribution in [2.45, 2.75) is 45.1 Å². The number of nitriles is 1. The van der Waals surface area contributed by atoms with Gasteiger partial charge >= 0.3 is 0 Å². The van der Waals surface area contributed by atoms with Gasteiger partial charge in [0.15, 0.2) is 17.7 Å². The van der Waals surface area contributed by atoms with Crippen molar-refractivity contribution in [1.82, 2.24) is 29.7 Å². The topological polar surface area (TPSA) is 131 Å². The fourth-order valence-corrected chi connectivity index (χ4v) is 4.08. The average molecular weight is 438 g/mol. The van der Waals surface area contributed by atoms with Gasteiger partial charge in [-0.15, -0.1) is 5.10 Å². The smallest absolute Gasteiger partial charge is 0.247 e. The molecular weight excluding hydrogens is 410 g/mol. The number of amides is 2. The number of aliphatic imine (C=N–C) groups is 1. The summed E-state index contributed by atoms with van der Waals surface area (Å²) in [5.74, 6) is 0.394. The Labute approximate surface area is 186 Å². The number of aromatic nitrogens is 3. The minimum atomic E-state index is -0.675. The van der Waals surface area contributed by atoms with E-state index < -0.39 is 6.04 Å². The number of nitrogens with zero attached hydrogens (tertiary/aromatic N) is 7. The summed E-state index contributed by atoms with van der Waals surface area (Å²) >= 11 is 0. The van der Waals surface area contributed by atoms with E-state index in [1.165, 1.54) is 0 Å². The van der Waals surface area contributed by atoms with Gasteiger partial charge in [0.05, 0.1) is 18.4 Å². The van der Waals surface area contributed by atoms with Crippen molar-refractivity contribution in [2.75, 3.05) is 31.5 Å². The molecule has 168 valence electrons. The zero-order valence-electron chi connectivity index (χ0n) is 18.1. The molecule has 0 bridgehead atoms. The van der Waals surface area contributed by atoms with Gasteiger partial charge < -0.3 is 15.1 Å². The second kappa shape index (κ2) is 9.64. The van der Waals surface area contributed by atoms with Crippen molar-refractivity contribution in [3.63, 3.8) is 0 Å². The van der Waals surface area contributed by atoms with Crippen LogP contribution >= 0.6 is 0 Å². The Morgan fingerprint density at radius 1 is 1.25 bits per heavy atom. The van der Waals surface area contributed by atoms with Crippen molar-refractivity contribution in [3.8, 4) is 6.19 Å². The molecule has 0 aromatic carbocycles. The molecule has 2 amide bonds. The van der Waals surface area contributed by atoms with Gasteiger partial charge in [-0.1, -0.05) is 0 Å². The number of rotatable bonds is 4. The lowest BCUT2D eigenvalue weighted by Crippen LogP contribution is -2.45. The van der Waals surface area contributed by atoms with Crippen molar-refractivity contribution in [3.05, 3.63) is 24.0 Å². The molecule has 0 saturated carbocycles. The van der Waals surface area contributed by atoms with Gasteiger partial charge in [0.2, 0.25) is 17.8 Å². The minimum absolute atomic E-state index is 0.0119. The summed E-state index contributed by atoms with van der Waals surface area (Å²) < 4.78 is 1.63. The second-order valence-corrected chi connectivity index (χ2v) is 8.10. The number of imidazole rings is 1.